The molecular weight excluding hydrogens is 306 g/mol. The van der Waals surface area contributed by atoms with E-state index in [1.165, 1.54) is 11.3 Å². The van der Waals surface area contributed by atoms with Crippen LogP contribution in [0.4, 0.5) is 0 Å². The Morgan fingerprint density at radius 1 is 1.52 bits per heavy atom. The highest BCUT2D eigenvalue weighted by Gasteiger charge is 2.21. The number of carbonyl (C=O) groups is 1. The van der Waals surface area contributed by atoms with E-state index in [2.05, 4.69) is 4.98 Å². The number of thiazole rings is 1. The predicted octanol–water partition coefficient (Wildman–Crippen LogP) is 3.91. The molecule has 1 aliphatic heterocycles. The van der Waals surface area contributed by atoms with Crippen LogP contribution in [0.3, 0.4) is 0 Å². The second-order valence-electron chi connectivity index (χ2n) is 5.00. The number of ether oxygens (including phenoxy) is 2. The average molecular weight is 323 g/mol. The highest BCUT2D eigenvalue weighted by atomic mass is 32.1. The van der Waals surface area contributed by atoms with Gasteiger partial charge < -0.3 is 9.47 Å². The molecule has 21 heavy (non-hydrogen) atoms. The summed E-state index contributed by atoms with van der Waals surface area (Å²) in [4.78, 5) is 18.3. The van der Waals surface area contributed by atoms with Gasteiger partial charge in [-0.15, -0.1) is 22.7 Å². The fourth-order valence-corrected chi connectivity index (χ4v) is 4.02. The molecule has 1 saturated heterocycles. The van der Waals surface area contributed by atoms with Crippen molar-refractivity contribution < 1.29 is 14.3 Å². The zero-order valence-electron chi connectivity index (χ0n) is 11.8. The van der Waals surface area contributed by atoms with Gasteiger partial charge in [0.2, 0.25) is 0 Å². The van der Waals surface area contributed by atoms with Gasteiger partial charge in [0.1, 0.15) is 16.5 Å². The van der Waals surface area contributed by atoms with Crippen LogP contribution in [0.25, 0.3) is 9.88 Å². The van der Waals surface area contributed by atoms with E-state index >= 15 is 0 Å². The van der Waals surface area contributed by atoms with E-state index in [4.69, 9.17) is 9.47 Å². The minimum atomic E-state index is -0.290. The molecule has 1 unspecified atom stereocenters. The highest BCUT2D eigenvalue weighted by Crippen LogP contribution is 2.31. The Labute approximate surface area is 131 Å². The molecule has 0 N–H and O–H groups in total. The molecule has 0 spiro atoms. The van der Waals surface area contributed by atoms with Crippen molar-refractivity contribution in [3.8, 4) is 9.88 Å². The molecule has 2 aromatic rings. The van der Waals surface area contributed by atoms with Gasteiger partial charge in [-0.1, -0.05) is 6.07 Å². The first-order valence-corrected chi connectivity index (χ1v) is 8.73. The number of hydrogen-bond donors (Lipinski definition) is 0. The lowest BCUT2D eigenvalue weighted by molar-refractivity contribution is -0.0298. The lowest BCUT2D eigenvalue weighted by Crippen LogP contribution is -2.25. The zero-order valence-corrected chi connectivity index (χ0v) is 13.5. The third kappa shape index (κ3) is 3.51. The molecule has 1 atom stereocenters. The smallest absolute Gasteiger partial charge is 0.350 e. The zero-order chi connectivity index (χ0) is 14.7. The molecule has 3 heterocycles. The van der Waals surface area contributed by atoms with Crippen molar-refractivity contribution in [3.63, 3.8) is 0 Å². The molecule has 0 aromatic carbocycles. The van der Waals surface area contributed by atoms with Crippen LogP contribution in [0.5, 0.6) is 0 Å². The maximum atomic E-state index is 12.2. The van der Waals surface area contributed by atoms with Gasteiger partial charge in [-0.2, -0.15) is 0 Å². The fourth-order valence-electron chi connectivity index (χ4n) is 2.26. The molecule has 6 heteroatoms. The van der Waals surface area contributed by atoms with E-state index in [9.17, 15) is 4.79 Å². The lowest BCUT2D eigenvalue weighted by atomic mass is 10.1. The number of aromatic nitrogens is 1. The minimum Gasteiger partial charge on any atom is -0.459 e. The maximum absolute atomic E-state index is 12.2. The van der Waals surface area contributed by atoms with Gasteiger partial charge in [0.05, 0.1) is 16.7 Å². The predicted molar refractivity (Wildman–Crippen MR) is 84.0 cm³/mol. The molecule has 0 aliphatic carbocycles. The normalized spacial score (nSPS) is 18.6. The molecular formula is C15H17NO3S2. The van der Waals surface area contributed by atoms with E-state index in [1.54, 1.807) is 11.3 Å². The minimum absolute atomic E-state index is 0.0488. The number of hydrogen-bond acceptors (Lipinski definition) is 6. The monoisotopic (exact) mass is 323 g/mol. The van der Waals surface area contributed by atoms with Crippen LogP contribution in [0.2, 0.25) is 0 Å². The van der Waals surface area contributed by atoms with Gasteiger partial charge in [-0.05, 0) is 37.6 Å². The maximum Gasteiger partial charge on any atom is 0.350 e. The van der Waals surface area contributed by atoms with Crippen LogP contribution in [-0.2, 0) is 9.47 Å². The van der Waals surface area contributed by atoms with Crippen molar-refractivity contribution >= 4 is 28.6 Å². The van der Waals surface area contributed by atoms with Crippen molar-refractivity contribution in [2.24, 2.45) is 0 Å². The number of nitrogens with zero attached hydrogens (tertiary/aromatic N) is 1. The standard InChI is InChI=1S/C15H17NO3S2/c1-10-13(21-14(16-10)12-6-4-8-20-12)15(17)19-9-11-5-2-3-7-18-11/h4,6,8,11H,2-3,5,7,9H2,1H3. The highest BCUT2D eigenvalue weighted by molar-refractivity contribution is 7.22. The van der Waals surface area contributed by atoms with Crippen LogP contribution in [0.15, 0.2) is 17.5 Å². The molecule has 4 nitrogen and oxygen atoms in total. The molecule has 3 rings (SSSR count). The molecule has 1 fully saturated rings. The largest absolute Gasteiger partial charge is 0.459 e. The topological polar surface area (TPSA) is 48.4 Å². The summed E-state index contributed by atoms with van der Waals surface area (Å²) in [7, 11) is 0. The summed E-state index contributed by atoms with van der Waals surface area (Å²) in [6.45, 7) is 2.95. The van der Waals surface area contributed by atoms with Gasteiger partial charge in [-0.25, -0.2) is 9.78 Å². The van der Waals surface area contributed by atoms with E-state index < -0.39 is 0 Å². The van der Waals surface area contributed by atoms with Crippen LogP contribution < -0.4 is 0 Å². The average Bonchev–Trinajstić information content (AvgIpc) is 3.15. The molecule has 0 saturated carbocycles. The molecule has 0 bridgehead atoms. The van der Waals surface area contributed by atoms with Gasteiger partial charge >= 0.3 is 5.97 Å². The summed E-state index contributed by atoms with van der Waals surface area (Å²) >= 11 is 3.02. The van der Waals surface area contributed by atoms with E-state index in [1.807, 2.05) is 24.4 Å². The quantitative estimate of drug-likeness (QED) is 0.801. The Balaban J connectivity index is 1.64. The van der Waals surface area contributed by atoms with Gasteiger partial charge in [0.15, 0.2) is 0 Å². The Morgan fingerprint density at radius 3 is 3.14 bits per heavy atom. The molecule has 0 radical (unpaired) electrons. The van der Waals surface area contributed by atoms with E-state index in [-0.39, 0.29) is 12.1 Å². The summed E-state index contributed by atoms with van der Waals surface area (Å²) in [6, 6.07) is 3.99. The Hall–Kier alpha value is -1.24. The Kier molecular flexibility index (Phi) is 4.67. The molecule has 1 aliphatic rings. The number of carbonyl (C=O) groups excluding carboxylic acids is 1. The summed E-state index contributed by atoms with van der Waals surface area (Å²) in [5.41, 5.74) is 0.734. The Morgan fingerprint density at radius 2 is 2.43 bits per heavy atom. The number of rotatable bonds is 4. The van der Waals surface area contributed by atoms with Gasteiger partial charge in [-0.3, -0.25) is 0 Å². The summed E-state index contributed by atoms with van der Waals surface area (Å²) < 4.78 is 11.0. The molecule has 0 amide bonds. The number of thiophene rings is 1. The third-order valence-electron chi connectivity index (χ3n) is 3.39. The first kappa shape index (κ1) is 14.7. The van der Waals surface area contributed by atoms with Crippen LogP contribution >= 0.6 is 22.7 Å². The second-order valence-corrected chi connectivity index (χ2v) is 6.94. The second kappa shape index (κ2) is 6.68. The first-order valence-electron chi connectivity index (χ1n) is 7.04. The summed E-state index contributed by atoms with van der Waals surface area (Å²) in [5.74, 6) is -0.290. The van der Waals surface area contributed by atoms with Crippen LogP contribution in [0, 0.1) is 6.92 Å². The van der Waals surface area contributed by atoms with Crippen molar-refractivity contribution in [1.82, 2.24) is 4.98 Å². The van der Waals surface area contributed by atoms with Gasteiger partial charge in [0, 0.05) is 6.61 Å². The van der Waals surface area contributed by atoms with Crippen LogP contribution in [-0.4, -0.2) is 30.3 Å². The van der Waals surface area contributed by atoms with E-state index in [0.29, 0.717) is 11.5 Å². The SMILES string of the molecule is Cc1nc(-c2cccs2)sc1C(=O)OCC1CCCCO1. The van der Waals surface area contributed by atoms with E-state index in [0.717, 1.165) is 41.4 Å². The van der Waals surface area contributed by atoms with Gasteiger partial charge in [0.25, 0.3) is 0 Å². The Bertz CT molecular complexity index is 600. The van der Waals surface area contributed by atoms with Crippen molar-refractivity contribution in [2.75, 3.05) is 13.2 Å². The van der Waals surface area contributed by atoms with Crippen molar-refractivity contribution in [1.29, 1.82) is 0 Å². The van der Waals surface area contributed by atoms with Crippen LogP contribution in [0.1, 0.15) is 34.6 Å². The lowest BCUT2D eigenvalue weighted by Gasteiger charge is -2.21. The molecule has 112 valence electrons. The fraction of sp³-hybridized carbons (Fsp3) is 0.467. The third-order valence-corrected chi connectivity index (χ3v) is 5.56. The summed E-state index contributed by atoms with van der Waals surface area (Å²) in [5, 5.41) is 2.88. The first-order chi connectivity index (χ1) is 10.2. The number of aryl methyl sites for hydroxylation is 1. The summed E-state index contributed by atoms with van der Waals surface area (Å²) in [6.07, 6.45) is 3.26. The van der Waals surface area contributed by atoms with Crippen molar-refractivity contribution in [3.05, 3.63) is 28.1 Å². The van der Waals surface area contributed by atoms with Crippen molar-refractivity contribution in [2.45, 2.75) is 32.3 Å². The number of esters is 1. The molecule has 2 aromatic heterocycles.